The summed E-state index contributed by atoms with van der Waals surface area (Å²) in [5, 5.41) is 5.28. The van der Waals surface area contributed by atoms with Gasteiger partial charge in [0, 0.05) is 0 Å². The van der Waals surface area contributed by atoms with Crippen LogP contribution in [0.3, 0.4) is 0 Å². The van der Waals surface area contributed by atoms with E-state index in [1.54, 1.807) is 0 Å². The summed E-state index contributed by atoms with van der Waals surface area (Å²) in [6.07, 6.45) is 1.13. The monoisotopic (exact) mass is 387 g/mol. The third-order valence-electron chi connectivity index (χ3n) is 4.93. The lowest BCUT2D eigenvalue weighted by Gasteiger charge is -2.22. The molecular formula is C19H15ClFN3O3. The van der Waals surface area contributed by atoms with Gasteiger partial charge in [0.05, 0.1) is 10.7 Å². The summed E-state index contributed by atoms with van der Waals surface area (Å²) in [7, 11) is 0. The van der Waals surface area contributed by atoms with Gasteiger partial charge < -0.3 is 10.6 Å². The maximum absolute atomic E-state index is 13.1. The maximum Gasteiger partial charge on any atom is 0.325 e. The molecule has 1 aliphatic heterocycles. The number of aryl methyl sites for hydroxylation is 1. The van der Waals surface area contributed by atoms with Gasteiger partial charge in [-0.3, -0.25) is 14.5 Å². The summed E-state index contributed by atoms with van der Waals surface area (Å²) < 4.78 is 13.1. The number of benzene rings is 2. The molecule has 2 aromatic carbocycles. The van der Waals surface area contributed by atoms with E-state index in [1.807, 2.05) is 24.3 Å². The molecule has 2 aliphatic rings. The molecule has 138 valence electrons. The zero-order chi connectivity index (χ0) is 19.2. The van der Waals surface area contributed by atoms with Crippen LogP contribution in [0.1, 0.15) is 17.5 Å². The Labute approximate surface area is 159 Å². The molecule has 8 heteroatoms. The molecule has 0 bridgehead atoms. The van der Waals surface area contributed by atoms with Crippen molar-refractivity contribution < 1.29 is 18.8 Å². The molecule has 6 nitrogen and oxygen atoms in total. The van der Waals surface area contributed by atoms with E-state index in [0.717, 1.165) is 28.2 Å². The fourth-order valence-corrected chi connectivity index (χ4v) is 3.87. The summed E-state index contributed by atoms with van der Waals surface area (Å²) in [5.41, 5.74) is 0.876. The Bertz CT molecular complexity index is 980. The predicted octanol–water partition coefficient (Wildman–Crippen LogP) is 2.81. The number of nitrogens with one attached hydrogen (secondary N) is 2. The second kappa shape index (κ2) is 6.35. The Balaban J connectivity index is 1.53. The van der Waals surface area contributed by atoms with Crippen LogP contribution < -0.4 is 10.6 Å². The zero-order valence-corrected chi connectivity index (χ0v) is 14.8. The van der Waals surface area contributed by atoms with Crippen molar-refractivity contribution in [2.45, 2.75) is 18.4 Å². The van der Waals surface area contributed by atoms with Gasteiger partial charge in [0.1, 0.15) is 17.9 Å². The molecule has 4 rings (SSSR count). The van der Waals surface area contributed by atoms with Gasteiger partial charge in [-0.25, -0.2) is 9.18 Å². The average molecular weight is 388 g/mol. The van der Waals surface area contributed by atoms with Crippen LogP contribution in [0.2, 0.25) is 5.02 Å². The molecule has 2 N–H and O–H groups in total. The minimum Gasteiger partial charge on any atom is -0.323 e. The first kappa shape index (κ1) is 17.5. The van der Waals surface area contributed by atoms with Gasteiger partial charge in [-0.05, 0) is 42.2 Å². The number of rotatable bonds is 3. The summed E-state index contributed by atoms with van der Waals surface area (Å²) in [5.74, 6) is -1.58. The Morgan fingerprint density at radius 3 is 2.81 bits per heavy atom. The zero-order valence-electron chi connectivity index (χ0n) is 14.1. The first-order valence-corrected chi connectivity index (χ1v) is 8.76. The molecule has 1 saturated heterocycles. The van der Waals surface area contributed by atoms with Gasteiger partial charge in [-0.2, -0.15) is 0 Å². The highest BCUT2D eigenvalue weighted by Gasteiger charge is 2.55. The number of nitrogens with zero attached hydrogens (tertiary/aromatic N) is 1. The third-order valence-corrected chi connectivity index (χ3v) is 5.24. The van der Waals surface area contributed by atoms with Crippen molar-refractivity contribution in [3.8, 4) is 0 Å². The van der Waals surface area contributed by atoms with Crippen molar-refractivity contribution >= 4 is 35.1 Å². The Kier molecular flexibility index (Phi) is 4.11. The standard InChI is InChI=1S/C19H15ClFN3O3/c20-14-9-12(21)5-6-15(14)22-16(25)10-24-17(26)19(23-18(24)27)8-7-11-3-1-2-4-13(11)19/h1-6,9H,7-8,10H2,(H,22,25)(H,23,27)/t19-/m1/s1. The van der Waals surface area contributed by atoms with Gasteiger partial charge in [-0.1, -0.05) is 35.9 Å². The van der Waals surface area contributed by atoms with Crippen LogP contribution in [0.5, 0.6) is 0 Å². The molecular weight excluding hydrogens is 373 g/mol. The number of halogens is 2. The molecule has 1 heterocycles. The smallest absolute Gasteiger partial charge is 0.323 e. The summed E-state index contributed by atoms with van der Waals surface area (Å²) >= 11 is 5.89. The highest BCUT2D eigenvalue weighted by Crippen LogP contribution is 2.41. The minimum absolute atomic E-state index is 0.0294. The van der Waals surface area contributed by atoms with Crippen LogP contribution in [0.15, 0.2) is 42.5 Å². The minimum atomic E-state index is -1.11. The van der Waals surface area contributed by atoms with Crippen molar-refractivity contribution in [1.29, 1.82) is 0 Å². The van der Waals surface area contributed by atoms with E-state index in [2.05, 4.69) is 10.6 Å². The van der Waals surface area contributed by atoms with Gasteiger partial charge in [-0.15, -0.1) is 0 Å². The maximum atomic E-state index is 13.1. The highest BCUT2D eigenvalue weighted by molar-refractivity contribution is 6.33. The van der Waals surface area contributed by atoms with Crippen LogP contribution in [0.25, 0.3) is 0 Å². The van der Waals surface area contributed by atoms with Crippen molar-refractivity contribution in [2.24, 2.45) is 0 Å². The van der Waals surface area contributed by atoms with Gasteiger partial charge in [0.2, 0.25) is 5.91 Å². The molecule has 0 unspecified atom stereocenters. The first-order chi connectivity index (χ1) is 12.9. The van der Waals surface area contributed by atoms with Gasteiger partial charge >= 0.3 is 6.03 Å². The SMILES string of the molecule is O=C(CN1C(=O)N[C@@]2(CCc3ccccc32)C1=O)Nc1ccc(F)cc1Cl. The molecule has 0 radical (unpaired) electrons. The lowest BCUT2D eigenvalue weighted by molar-refractivity contribution is -0.134. The molecule has 1 fully saturated rings. The second-order valence-electron chi connectivity index (χ2n) is 6.56. The van der Waals surface area contributed by atoms with Crippen molar-refractivity contribution in [3.63, 3.8) is 0 Å². The second-order valence-corrected chi connectivity index (χ2v) is 6.96. The number of carbonyl (C=O) groups excluding carboxylic acids is 3. The number of fused-ring (bicyclic) bond motifs is 2. The molecule has 0 aromatic heterocycles. The van der Waals surface area contributed by atoms with E-state index >= 15 is 0 Å². The van der Waals surface area contributed by atoms with E-state index < -0.39 is 35.7 Å². The molecule has 0 saturated carbocycles. The number of hydrogen-bond donors (Lipinski definition) is 2. The van der Waals surface area contributed by atoms with Crippen LogP contribution in [0, 0.1) is 5.82 Å². The topological polar surface area (TPSA) is 78.5 Å². The van der Waals surface area contributed by atoms with Gasteiger partial charge in [0.25, 0.3) is 5.91 Å². The summed E-state index contributed by atoms with van der Waals surface area (Å²) in [6, 6.07) is 10.4. The molecule has 1 aliphatic carbocycles. The molecule has 2 aromatic rings. The number of anilines is 1. The number of amides is 4. The van der Waals surface area contributed by atoms with Crippen LogP contribution in [-0.2, 0) is 21.5 Å². The quantitative estimate of drug-likeness (QED) is 0.795. The van der Waals surface area contributed by atoms with Crippen molar-refractivity contribution in [2.75, 3.05) is 11.9 Å². The van der Waals surface area contributed by atoms with E-state index in [1.165, 1.54) is 6.07 Å². The number of imide groups is 1. The lowest BCUT2D eigenvalue weighted by Crippen LogP contribution is -2.43. The van der Waals surface area contributed by atoms with E-state index in [9.17, 15) is 18.8 Å². The normalized spacial score (nSPS) is 20.7. The Hall–Kier alpha value is -2.93. The number of urea groups is 1. The van der Waals surface area contributed by atoms with Crippen molar-refractivity contribution in [1.82, 2.24) is 10.2 Å². The first-order valence-electron chi connectivity index (χ1n) is 8.38. The average Bonchev–Trinajstić information content (AvgIpc) is 3.11. The fraction of sp³-hybridized carbons (Fsp3) is 0.211. The van der Waals surface area contributed by atoms with E-state index in [4.69, 9.17) is 11.6 Å². The van der Waals surface area contributed by atoms with Crippen LogP contribution >= 0.6 is 11.6 Å². The predicted molar refractivity (Wildman–Crippen MR) is 96.7 cm³/mol. The van der Waals surface area contributed by atoms with Crippen LogP contribution in [0.4, 0.5) is 14.9 Å². The molecule has 27 heavy (non-hydrogen) atoms. The number of carbonyl (C=O) groups is 3. The molecule has 1 atom stereocenters. The van der Waals surface area contributed by atoms with E-state index in [-0.39, 0.29) is 10.7 Å². The Morgan fingerprint density at radius 1 is 1.26 bits per heavy atom. The summed E-state index contributed by atoms with van der Waals surface area (Å²) in [6.45, 7) is -0.456. The fourth-order valence-electron chi connectivity index (χ4n) is 3.66. The summed E-state index contributed by atoms with van der Waals surface area (Å²) in [4.78, 5) is 38.6. The van der Waals surface area contributed by atoms with E-state index in [0.29, 0.717) is 12.8 Å². The third kappa shape index (κ3) is 2.84. The van der Waals surface area contributed by atoms with Crippen molar-refractivity contribution in [3.05, 3.63) is 64.4 Å². The Morgan fingerprint density at radius 2 is 2.04 bits per heavy atom. The molecule has 4 amide bonds. The molecule has 1 spiro atoms. The number of hydrogen-bond acceptors (Lipinski definition) is 3. The highest BCUT2D eigenvalue weighted by atomic mass is 35.5. The largest absolute Gasteiger partial charge is 0.325 e. The van der Waals surface area contributed by atoms with Gasteiger partial charge in [0.15, 0.2) is 0 Å². The lowest BCUT2D eigenvalue weighted by atomic mass is 9.92. The van der Waals surface area contributed by atoms with Crippen LogP contribution in [-0.4, -0.2) is 29.3 Å².